The zero-order valence-electron chi connectivity index (χ0n) is 18.6. The lowest BCUT2D eigenvalue weighted by molar-refractivity contribution is 0.0686. The van der Waals surface area contributed by atoms with Crippen LogP contribution in [0.1, 0.15) is 20.7 Å². The lowest BCUT2D eigenvalue weighted by atomic mass is 9.80. The fourth-order valence-electron chi connectivity index (χ4n) is 2.56. The van der Waals surface area contributed by atoms with Gasteiger partial charge < -0.3 is 20.3 Å². The van der Waals surface area contributed by atoms with Crippen molar-refractivity contribution in [2.45, 2.75) is 0 Å². The van der Waals surface area contributed by atoms with Crippen molar-refractivity contribution in [1.29, 1.82) is 0 Å². The molecule has 2 aromatic carbocycles. The fraction of sp³-hybridized carbons (Fsp3) is 0. The molecule has 0 fully saturated rings. The highest BCUT2D eigenvalue weighted by Gasteiger charge is 2.21. The number of aromatic carboxylic acids is 2. The van der Waals surface area contributed by atoms with Gasteiger partial charge in [-0.2, -0.15) is 0 Å². The molecule has 0 atom stereocenters. The molecule has 2 aromatic heterocycles. The Labute approximate surface area is 240 Å². The summed E-state index contributed by atoms with van der Waals surface area (Å²) in [6.45, 7) is 0. The molecule has 0 radical (unpaired) electrons. The van der Waals surface area contributed by atoms with E-state index < -0.39 is 19.1 Å². The third kappa shape index (κ3) is 8.50. The number of rotatable bonds is 4. The molecule has 0 saturated heterocycles. The molecule has 2 heterocycles. The molecule has 4 N–H and O–H groups in total. The summed E-state index contributed by atoms with van der Waals surface area (Å²) in [5, 5.41) is 35.4. The summed E-state index contributed by atoms with van der Waals surface area (Å²) in [6.07, 6.45) is 9.18. The lowest BCUT2D eigenvalue weighted by Crippen LogP contribution is -2.31. The van der Waals surface area contributed by atoms with Crippen molar-refractivity contribution in [3.05, 3.63) is 97.8 Å². The maximum absolute atomic E-state index is 10.9. The van der Waals surface area contributed by atoms with Crippen LogP contribution in [-0.4, -0.2) is 59.3 Å². The molecule has 0 aliphatic carbocycles. The molecule has 38 heavy (non-hydrogen) atoms. The van der Waals surface area contributed by atoms with Crippen LogP contribution in [0.2, 0.25) is 25.2 Å². The van der Waals surface area contributed by atoms with E-state index in [0.29, 0.717) is 16.4 Å². The van der Waals surface area contributed by atoms with Crippen molar-refractivity contribution in [2.75, 3.05) is 0 Å². The largest absolute Gasteiger partial charge is 0.490 e. The Morgan fingerprint density at radius 1 is 0.658 bits per heavy atom. The zero-order valence-corrected chi connectivity index (χ0v) is 22.4. The van der Waals surface area contributed by atoms with E-state index in [2.05, 4.69) is 19.9 Å². The molecule has 0 amide bonds. The van der Waals surface area contributed by atoms with Crippen molar-refractivity contribution in [1.82, 2.24) is 19.9 Å². The van der Waals surface area contributed by atoms with Crippen molar-refractivity contribution in [3.8, 4) is 11.3 Å². The molecule has 0 aliphatic heterocycles. The van der Waals surface area contributed by atoms with Crippen LogP contribution < -0.4 is 5.46 Å². The molecule has 4 aromatic rings. The maximum Gasteiger partial charge on any atom is 0.490 e. The Morgan fingerprint density at radius 3 is 1.61 bits per heavy atom. The van der Waals surface area contributed by atoms with Gasteiger partial charge in [-0.05, 0) is 12.1 Å². The van der Waals surface area contributed by atoms with Gasteiger partial charge in [-0.25, -0.2) is 14.6 Å². The predicted octanol–water partition coefficient (Wildman–Crippen LogP) is 4.65. The first-order valence-corrected chi connectivity index (χ1v) is 11.8. The smallest absolute Gasteiger partial charge is 0.478 e. The Balaban J connectivity index is 0.000000217. The molecule has 0 saturated carbocycles. The zero-order chi connectivity index (χ0) is 28.4. The van der Waals surface area contributed by atoms with Gasteiger partial charge in [-0.3, -0.25) is 15.0 Å². The van der Waals surface area contributed by atoms with Gasteiger partial charge in [0.1, 0.15) is 5.15 Å². The number of carboxylic acid groups (broad SMARTS) is 2. The van der Waals surface area contributed by atoms with Crippen LogP contribution in [0.3, 0.4) is 0 Å². The van der Waals surface area contributed by atoms with Crippen molar-refractivity contribution in [3.63, 3.8) is 0 Å². The fourth-order valence-corrected chi connectivity index (χ4v) is 3.70. The third-order valence-corrected chi connectivity index (χ3v) is 6.28. The minimum atomic E-state index is -1.78. The molecule has 196 valence electrons. The maximum atomic E-state index is 10.9. The molecule has 10 nitrogen and oxygen atoms in total. The van der Waals surface area contributed by atoms with Gasteiger partial charge in [0.05, 0.1) is 49.3 Å². The number of aromatic nitrogens is 4. The Bertz CT molecular complexity index is 1420. The van der Waals surface area contributed by atoms with Crippen LogP contribution >= 0.6 is 58.0 Å². The Kier molecular flexibility index (Phi) is 12.1. The topological polar surface area (TPSA) is 167 Å². The quantitative estimate of drug-likeness (QED) is 0.237. The van der Waals surface area contributed by atoms with E-state index in [0.717, 1.165) is 6.07 Å². The van der Waals surface area contributed by atoms with Crippen LogP contribution in [-0.2, 0) is 0 Å². The summed E-state index contributed by atoms with van der Waals surface area (Å²) in [7, 11) is -1.78. The van der Waals surface area contributed by atoms with Gasteiger partial charge in [0.25, 0.3) is 0 Å². The van der Waals surface area contributed by atoms with Gasteiger partial charge in [0, 0.05) is 35.8 Å². The second-order valence-corrected chi connectivity index (χ2v) is 8.62. The summed E-state index contributed by atoms with van der Waals surface area (Å²) >= 11 is 28.5. The number of hydrogen-bond acceptors (Lipinski definition) is 8. The van der Waals surface area contributed by atoms with Crippen LogP contribution in [0.15, 0.2) is 61.4 Å². The Hall–Kier alpha value is -3.03. The average Bonchev–Trinajstić information content (AvgIpc) is 2.88. The van der Waals surface area contributed by atoms with E-state index in [9.17, 15) is 9.59 Å². The van der Waals surface area contributed by atoms with Gasteiger partial charge in [-0.1, -0.05) is 70.1 Å². The average molecular weight is 618 g/mol. The van der Waals surface area contributed by atoms with Crippen LogP contribution in [0.25, 0.3) is 11.3 Å². The van der Waals surface area contributed by atoms with E-state index in [1.165, 1.54) is 36.9 Å². The molecular formula is C22H14BCl5N4O6. The monoisotopic (exact) mass is 616 g/mol. The van der Waals surface area contributed by atoms with Crippen LogP contribution in [0, 0.1) is 0 Å². The first kappa shape index (κ1) is 31.2. The van der Waals surface area contributed by atoms with Crippen molar-refractivity contribution >= 4 is 82.5 Å². The van der Waals surface area contributed by atoms with E-state index in [1.54, 1.807) is 18.5 Å². The molecule has 0 aliphatic rings. The highest BCUT2D eigenvalue weighted by Crippen LogP contribution is 2.34. The summed E-state index contributed by atoms with van der Waals surface area (Å²) in [5.41, 5.74) is 0.846. The highest BCUT2D eigenvalue weighted by atomic mass is 35.5. The molecule has 16 heteroatoms. The molecule has 0 unspecified atom stereocenters. The second-order valence-electron chi connectivity index (χ2n) is 6.72. The molecule has 0 spiro atoms. The van der Waals surface area contributed by atoms with E-state index in [4.69, 9.17) is 78.3 Å². The van der Waals surface area contributed by atoms with Gasteiger partial charge in [0.15, 0.2) is 0 Å². The molecule has 0 bridgehead atoms. The summed E-state index contributed by atoms with van der Waals surface area (Å²) in [5.74, 6) is -2.35. The number of halogens is 5. The number of nitrogens with zero attached hydrogens (tertiary/aromatic N) is 4. The van der Waals surface area contributed by atoms with Crippen LogP contribution in [0.5, 0.6) is 0 Å². The van der Waals surface area contributed by atoms with Crippen molar-refractivity contribution in [2.24, 2.45) is 0 Å². The van der Waals surface area contributed by atoms with E-state index in [1.807, 2.05) is 0 Å². The van der Waals surface area contributed by atoms with Gasteiger partial charge >= 0.3 is 19.1 Å². The first-order chi connectivity index (χ1) is 18.0. The summed E-state index contributed by atoms with van der Waals surface area (Å²) < 4.78 is 0. The van der Waals surface area contributed by atoms with Crippen molar-refractivity contribution < 1.29 is 29.9 Å². The predicted molar refractivity (Wildman–Crippen MR) is 145 cm³/mol. The molecular weight excluding hydrogens is 604 g/mol. The van der Waals surface area contributed by atoms with Gasteiger partial charge in [0.2, 0.25) is 0 Å². The SMILES string of the molecule is Clc1cnccn1.O=C(O)c1ccc(-c2cnccn2)c(Cl)c1Cl.O=C(O)c1ccc(B(O)O)c(Cl)c1Cl. The first-order valence-electron chi connectivity index (χ1n) is 9.92. The third-order valence-electron chi connectivity index (χ3n) is 4.30. The minimum Gasteiger partial charge on any atom is -0.478 e. The number of carboxylic acids is 2. The number of hydrogen-bond donors (Lipinski definition) is 4. The van der Waals surface area contributed by atoms with Crippen LogP contribution in [0.4, 0.5) is 0 Å². The molecule has 4 rings (SSSR count). The highest BCUT2D eigenvalue weighted by molar-refractivity contribution is 6.64. The summed E-state index contributed by atoms with van der Waals surface area (Å²) in [6, 6.07) is 5.30. The lowest BCUT2D eigenvalue weighted by Gasteiger charge is -2.07. The minimum absolute atomic E-state index is 0.00215. The standard InChI is InChI=1S/C11H6Cl2N2O2.C7H5BCl2O4.C4H3ClN2/c12-9-6(8-5-14-3-4-15-8)1-2-7(10(9)13)11(16)17;9-5-3(7(11)12)1-2-4(6(5)10)8(13)14;5-4-3-6-1-2-7-4/h1-5H,(H,16,17);1-2,13-14H,(H,11,12);1-3H. The van der Waals surface area contributed by atoms with E-state index >= 15 is 0 Å². The summed E-state index contributed by atoms with van der Waals surface area (Å²) in [4.78, 5) is 36.8. The van der Waals surface area contributed by atoms with Gasteiger partial charge in [-0.15, -0.1) is 0 Å². The van der Waals surface area contributed by atoms with E-state index in [-0.39, 0.29) is 36.7 Å². The normalized spacial score (nSPS) is 9.87. The second kappa shape index (κ2) is 14.8. The Morgan fingerprint density at radius 2 is 1.18 bits per heavy atom. The number of carbonyl (C=O) groups is 2. The number of benzene rings is 2.